The van der Waals surface area contributed by atoms with Crippen molar-refractivity contribution in [3.63, 3.8) is 0 Å². The van der Waals surface area contributed by atoms with Crippen LogP contribution >= 0.6 is 0 Å². The highest BCUT2D eigenvalue weighted by molar-refractivity contribution is 5.79. The highest BCUT2D eigenvalue weighted by atomic mass is 16.2. The average molecular weight is 247 g/mol. The van der Waals surface area contributed by atoms with Crippen LogP contribution in [0.1, 0.15) is 32.3 Å². The van der Waals surface area contributed by atoms with Gasteiger partial charge in [-0.15, -0.1) is 0 Å². The molecule has 18 heavy (non-hydrogen) atoms. The summed E-state index contributed by atoms with van der Waals surface area (Å²) in [4.78, 5) is 22.6. The summed E-state index contributed by atoms with van der Waals surface area (Å²) in [5.41, 5.74) is 1.14. The van der Waals surface area contributed by atoms with Crippen LogP contribution in [0.15, 0.2) is 30.3 Å². The molecule has 0 fully saturated rings. The molecule has 1 aromatic carbocycles. The van der Waals surface area contributed by atoms with E-state index in [1.54, 1.807) is 0 Å². The van der Waals surface area contributed by atoms with Gasteiger partial charge in [0.05, 0.1) is 6.04 Å². The predicted molar refractivity (Wildman–Crippen MR) is 72.2 cm³/mol. The summed E-state index contributed by atoms with van der Waals surface area (Å²) < 4.78 is 0. The third-order valence-electron chi connectivity index (χ3n) is 3.21. The zero-order valence-corrected chi connectivity index (χ0v) is 11.1. The lowest BCUT2D eigenvalue weighted by molar-refractivity contribution is -0.124. The Morgan fingerprint density at radius 2 is 2.00 bits per heavy atom. The first-order chi connectivity index (χ1) is 8.67. The van der Waals surface area contributed by atoms with E-state index in [1.807, 2.05) is 44.2 Å². The molecule has 1 aromatic rings. The Morgan fingerprint density at radius 1 is 1.33 bits per heavy atom. The van der Waals surface area contributed by atoms with Crippen molar-refractivity contribution in [1.29, 1.82) is 0 Å². The van der Waals surface area contributed by atoms with Crippen LogP contribution < -0.4 is 5.32 Å². The van der Waals surface area contributed by atoms with Gasteiger partial charge in [-0.3, -0.25) is 4.79 Å². The highest BCUT2D eigenvalue weighted by Gasteiger charge is 2.16. The molecule has 1 N–H and O–H groups in total. The van der Waals surface area contributed by atoms with Crippen molar-refractivity contribution in [2.45, 2.75) is 39.2 Å². The Morgan fingerprint density at radius 3 is 2.56 bits per heavy atom. The fraction of sp³-hybridized carbons (Fsp3) is 0.467. The Labute approximate surface area is 109 Å². The van der Waals surface area contributed by atoms with Crippen LogP contribution in [0.25, 0.3) is 0 Å². The molecule has 0 spiro atoms. The molecule has 0 saturated carbocycles. The summed E-state index contributed by atoms with van der Waals surface area (Å²) >= 11 is 0. The summed E-state index contributed by atoms with van der Waals surface area (Å²) in [6, 6.07) is 9.51. The molecule has 0 aliphatic rings. The Kier molecular flexibility index (Phi) is 6.12. The lowest BCUT2D eigenvalue weighted by Gasteiger charge is -2.18. The van der Waals surface area contributed by atoms with Gasteiger partial charge in [0.25, 0.3) is 0 Å². The van der Waals surface area contributed by atoms with Crippen molar-refractivity contribution >= 4 is 12.2 Å². The van der Waals surface area contributed by atoms with Crippen molar-refractivity contribution in [2.75, 3.05) is 0 Å². The van der Waals surface area contributed by atoms with Gasteiger partial charge in [0.1, 0.15) is 6.29 Å². The number of amides is 1. The van der Waals surface area contributed by atoms with Gasteiger partial charge >= 0.3 is 0 Å². The van der Waals surface area contributed by atoms with E-state index < -0.39 is 0 Å². The lowest BCUT2D eigenvalue weighted by atomic mass is 10.00. The van der Waals surface area contributed by atoms with Gasteiger partial charge < -0.3 is 10.1 Å². The maximum atomic E-state index is 11.7. The zero-order valence-electron chi connectivity index (χ0n) is 11.1. The largest absolute Gasteiger partial charge is 0.346 e. The summed E-state index contributed by atoms with van der Waals surface area (Å²) in [6.45, 7) is 3.98. The number of aryl methyl sites for hydroxylation is 1. The van der Waals surface area contributed by atoms with Crippen molar-refractivity contribution < 1.29 is 9.59 Å². The minimum atomic E-state index is -0.363. The van der Waals surface area contributed by atoms with Gasteiger partial charge in [0.2, 0.25) is 5.91 Å². The molecule has 0 radical (unpaired) electrons. The Bertz CT molecular complexity index is 375. The number of hydrogen-bond acceptors (Lipinski definition) is 2. The summed E-state index contributed by atoms with van der Waals surface area (Å²) in [7, 11) is 0. The molecule has 0 bridgehead atoms. The lowest BCUT2D eigenvalue weighted by Crippen LogP contribution is -2.40. The van der Waals surface area contributed by atoms with Crippen LogP contribution in [0.3, 0.4) is 0 Å². The molecule has 0 aliphatic carbocycles. The van der Waals surface area contributed by atoms with E-state index in [0.29, 0.717) is 12.8 Å². The number of carbonyl (C=O) groups excluding carboxylic acids is 2. The predicted octanol–water partition coefficient (Wildman–Crippen LogP) is 2.35. The van der Waals surface area contributed by atoms with Crippen molar-refractivity contribution in [2.24, 2.45) is 5.92 Å². The molecular weight excluding hydrogens is 226 g/mol. The molecule has 3 nitrogen and oxygen atoms in total. The van der Waals surface area contributed by atoms with Crippen LogP contribution in [-0.4, -0.2) is 18.2 Å². The molecule has 3 heteroatoms. The first-order valence-corrected chi connectivity index (χ1v) is 6.46. The second kappa shape index (κ2) is 7.64. The molecule has 0 saturated heterocycles. The van der Waals surface area contributed by atoms with E-state index in [1.165, 1.54) is 0 Å². The van der Waals surface area contributed by atoms with Crippen molar-refractivity contribution in [3.05, 3.63) is 35.9 Å². The fourth-order valence-electron chi connectivity index (χ4n) is 1.72. The molecule has 0 aromatic heterocycles. The van der Waals surface area contributed by atoms with Crippen LogP contribution in [0, 0.1) is 5.92 Å². The minimum absolute atomic E-state index is 0.0590. The standard InChI is InChI=1S/C15H21NO2/c1-3-12(2)14(11-17)16-15(18)10-9-13-7-5-4-6-8-13/h4-8,11-12,14H,3,9-10H2,1-2H3,(H,16,18)/t12?,14-/m1/s1. The van der Waals surface area contributed by atoms with Gasteiger partial charge in [-0.05, 0) is 17.9 Å². The monoisotopic (exact) mass is 247 g/mol. The first kappa shape index (κ1) is 14.4. The average Bonchev–Trinajstić information content (AvgIpc) is 2.42. The smallest absolute Gasteiger partial charge is 0.220 e. The quantitative estimate of drug-likeness (QED) is 0.752. The van der Waals surface area contributed by atoms with Crippen LogP contribution in [-0.2, 0) is 16.0 Å². The highest BCUT2D eigenvalue weighted by Crippen LogP contribution is 2.07. The molecule has 0 heterocycles. The van der Waals surface area contributed by atoms with E-state index in [2.05, 4.69) is 5.32 Å². The number of carbonyl (C=O) groups is 2. The van der Waals surface area contributed by atoms with E-state index in [0.717, 1.165) is 18.3 Å². The van der Waals surface area contributed by atoms with Crippen molar-refractivity contribution in [3.8, 4) is 0 Å². The third kappa shape index (κ3) is 4.70. The topological polar surface area (TPSA) is 46.2 Å². The van der Waals surface area contributed by atoms with Gasteiger partial charge in [-0.25, -0.2) is 0 Å². The SMILES string of the molecule is CCC(C)[C@@H](C=O)NC(=O)CCc1ccccc1. The number of aldehydes is 1. The molecular formula is C15H21NO2. The number of rotatable bonds is 7. The fourth-order valence-corrected chi connectivity index (χ4v) is 1.72. The van der Waals surface area contributed by atoms with E-state index in [9.17, 15) is 9.59 Å². The van der Waals surface area contributed by atoms with E-state index in [4.69, 9.17) is 0 Å². The number of nitrogens with one attached hydrogen (secondary N) is 1. The van der Waals surface area contributed by atoms with Gasteiger partial charge in [0, 0.05) is 6.42 Å². The second-order valence-corrected chi connectivity index (χ2v) is 4.60. The third-order valence-corrected chi connectivity index (χ3v) is 3.21. The molecule has 2 atom stereocenters. The van der Waals surface area contributed by atoms with Crippen LogP contribution in [0.5, 0.6) is 0 Å². The normalized spacial score (nSPS) is 13.7. The number of hydrogen-bond donors (Lipinski definition) is 1. The molecule has 1 amide bonds. The molecule has 98 valence electrons. The molecule has 1 rings (SSSR count). The zero-order chi connectivity index (χ0) is 13.4. The van der Waals surface area contributed by atoms with Gasteiger partial charge in [-0.2, -0.15) is 0 Å². The maximum absolute atomic E-state index is 11.7. The summed E-state index contributed by atoms with van der Waals surface area (Å²) in [5.74, 6) is 0.124. The Balaban J connectivity index is 2.39. The maximum Gasteiger partial charge on any atom is 0.220 e. The number of benzene rings is 1. The Hall–Kier alpha value is -1.64. The van der Waals surface area contributed by atoms with Crippen LogP contribution in [0.2, 0.25) is 0 Å². The second-order valence-electron chi connectivity index (χ2n) is 4.60. The molecule has 1 unspecified atom stereocenters. The molecule has 0 aliphatic heterocycles. The van der Waals surface area contributed by atoms with E-state index in [-0.39, 0.29) is 17.9 Å². The van der Waals surface area contributed by atoms with Crippen LogP contribution in [0.4, 0.5) is 0 Å². The summed E-state index contributed by atoms with van der Waals surface area (Å²) in [5, 5.41) is 2.78. The van der Waals surface area contributed by atoms with Gasteiger partial charge in [-0.1, -0.05) is 50.6 Å². The van der Waals surface area contributed by atoms with E-state index >= 15 is 0 Å². The minimum Gasteiger partial charge on any atom is -0.346 e. The summed E-state index contributed by atoms with van der Waals surface area (Å²) in [6.07, 6.45) is 2.83. The first-order valence-electron chi connectivity index (χ1n) is 6.46. The van der Waals surface area contributed by atoms with Crippen molar-refractivity contribution in [1.82, 2.24) is 5.32 Å². The van der Waals surface area contributed by atoms with Gasteiger partial charge in [0.15, 0.2) is 0 Å².